The molecule has 0 bridgehead atoms. The second kappa shape index (κ2) is 5.69. The SMILES string of the molecule is CC(C)/C(=C\Cl)Sc1ccc(Cl)cc1. The van der Waals surface area contributed by atoms with Crippen molar-refractivity contribution in [2.24, 2.45) is 5.92 Å². The highest BCUT2D eigenvalue weighted by atomic mass is 35.5. The molecular formula is C11H12Cl2S. The summed E-state index contributed by atoms with van der Waals surface area (Å²) in [7, 11) is 0. The third-order valence-corrected chi connectivity index (χ3v) is 3.68. The quantitative estimate of drug-likeness (QED) is 0.664. The molecular weight excluding hydrogens is 235 g/mol. The molecule has 0 fully saturated rings. The Morgan fingerprint density at radius 1 is 1.29 bits per heavy atom. The molecule has 0 radical (unpaired) electrons. The Morgan fingerprint density at radius 2 is 1.86 bits per heavy atom. The lowest BCUT2D eigenvalue weighted by molar-refractivity contribution is 0.818. The fourth-order valence-corrected chi connectivity index (χ4v) is 2.24. The molecule has 1 aromatic carbocycles. The Bertz CT molecular complexity index is 315. The summed E-state index contributed by atoms with van der Waals surface area (Å²) in [5, 5.41) is 0.760. The van der Waals surface area contributed by atoms with Crippen molar-refractivity contribution in [1.82, 2.24) is 0 Å². The van der Waals surface area contributed by atoms with Gasteiger partial charge < -0.3 is 0 Å². The van der Waals surface area contributed by atoms with E-state index < -0.39 is 0 Å². The van der Waals surface area contributed by atoms with E-state index in [9.17, 15) is 0 Å². The van der Waals surface area contributed by atoms with Gasteiger partial charge in [-0.05, 0) is 30.2 Å². The van der Waals surface area contributed by atoms with Crippen LogP contribution in [0.3, 0.4) is 0 Å². The molecule has 3 heteroatoms. The van der Waals surface area contributed by atoms with E-state index in [1.165, 1.54) is 0 Å². The van der Waals surface area contributed by atoms with Crippen molar-refractivity contribution < 1.29 is 0 Å². The van der Waals surface area contributed by atoms with Crippen molar-refractivity contribution in [2.45, 2.75) is 18.7 Å². The summed E-state index contributed by atoms with van der Waals surface area (Å²) in [6.45, 7) is 4.24. The fraction of sp³-hybridized carbons (Fsp3) is 0.273. The van der Waals surface area contributed by atoms with Crippen LogP contribution in [0.1, 0.15) is 13.8 Å². The van der Waals surface area contributed by atoms with Gasteiger partial charge in [-0.1, -0.05) is 48.8 Å². The van der Waals surface area contributed by atoms with E-state index in [1.807, 2.05) is 24.3 Å². The third-order valence-electron chi connectivity index (χ3n) is 1.73. The zero-order valence-corrected chi connectivity index (χ0v) is 10.5. The van der Waals surface area contributed by atoms with Crippen molar-refractivity contribution >= 4 is 35.0 Å². The normalized spacial score (nSPS) is 12.2. The van der Waals surface area contributed by atoms with Gasteiger partial charge in [0.1, 0.15) is 0 Å². The second-order valence-electron chi connectivity index (χ2n) is 3.22. The smallest absolute Gasteiger partial charge is 0.0406 e. The van der Waals surface area contributed by atoms with Crippen molar-refractivity contribution in [3.05, 3.63) is 39.7 Å². The van der Waals surface area contributed by atoms with Crippen LogP contribution >= 0.6 is 35.0 Å². The van der Waals surface area contributed by atoms with Gasteiger partial charge >= 0.3 is 0 Å². The zero-order valence-electron chi connectivity index (χ0n) is 8.13. The summed E-state index contributed by atoms with van der Waals surface area (Å²) < 4.78 is 0. The maximum Gasteiger partial charge on any atom is 0.0406 e. The van der Waals surface area contributed by atoms with Gasteiger partial charge in [0.2, 0.25) is 0 Å². The van der Waals surface area contributed by atoms with Gasteiger partial charge in [-0.3, -0.25) is 0 Å². The van der Waals surface area contributed by atoms with Crippen LogP contribution in [-0.2, 0) is 0 Å². The monoisotopic (exact) mass is 246 g/mol. The van der Waals surface area contributed by atoms with Crippen LogP contribution in [0.4, 0.5) is 0 Å². The Kier molecular flexibility index (Phi) is 4.86. The molecule has 0 aliphatic rings. The summed E-state index contributed by atoms with van der Waals surface area (Å²) in [6, 6.07) is 7.76. The molecule has 76 valence electrons. The Balaban J connectivity index is 2.73. The average Bonchev–Trinajstić information content (AvgIpc) is 2.16. The molecule has 0 atom stereocenters. The van der Waals surface area contributed by atoms with Crippen molar-refractivity contribution in [3.63, 3.8) is 0 Å². The van der Waals surface area contributed by atoms with Gasteiger partial charge in [0.25, 0.3) is 0 Å². The molecule has 0 aromatic heterocycles. The molecule has 0 saturated heterocycles. The van der Waals surface area contributed by atoms with Crippen LogP contribution in [0.25, 0.3) is 0 Å². The van der Waals surface area contributed by atoms with Crippen molar-refractivity contribution in [1.29, 1.82) is 0 Å². The number of thioether (sulfide) groups is 1. The highest BCUT2D eigenvalue weighted by molar-refractivity contribution is 8.03. The lowest BCUT2D eigenvalue weighted by atomic mass is 10.2. The number of allylic oxidation sites excluding steroid dienone is 1. The number of rotatable bonds is 3. The number of hydrogen-bond acceptors (Lipinski definition) is 1. The summed E-state index contributed by atoms with van der Waals surface area (Å²) in [5.41, 5.74) is 1.64. The second-order valence-corrected chi connectivity index (χ2v) is 5.02. The summed E-state index contributed by atoms with van der Waals surface area (Å²) >= 11 is 13.2. The Morgan fingerprint density at radius 3 is 2.29 bits per heavy atom. The van der Waals surface area contributed by atoms with E-state index in [2.05, 4.69) is 13.8 Å². The fourth-order valence-electron chi connectivity index (χ4n) is 0.905. The van der Waals surface area contributed by atoms with Crippen LogP contribution in [0.15, 0.2) is 39.6 Å². The molecule has 0 aliphatic heterocycles. The molecule has 1 aromatic rings. The molecule has 1 rings (SSSR count). The first-order valence-electron chi connectivity index (χ1n) is 4.37. The molecule has 0 N–H and O–H groups in total. The van der Waals surface area contributed by atoms with Crippen LogP contribution < -0.4 is 0 Å². The van der Waals surface area contributed by atoms with Crippen LogP contribution in [0.5, 0.6) is 0 Å². The van der Waals surface area contributed by atoms with E-state index in [-0.39, 0.29) is 0 Å². The first-order valence-corrected chi connectivity index (χ1v) is 6.00. The van der Waals surface area contributed by atoms with Gasteiger partial charge in [0.15, 0.2) is 0 Å². The number of halogens is 2. The topological polar surface area (TPSA) is 0 Å². The van der Waals surface area contributed by atoms with Crippen molar-refractivity contribution in [3.8, 4) is 0 Å². The van der Waals surface area contributed by atoms with E-state index in [1.54, 1.807) is 17.3 Å². The van der Waals surface area contributed by atoms with E-state index >= 15 is 0 Å². The molecule has 0 saturated carbocycles. The summed E-state index contributed by atoms with van der Waals surface area (Å²) in [4.78, 5) is 2.32. The van der Waals surface area contributed by atoms with E-state index in [0.29, 0.717) is 5.92 Å². The Labute approximate surface area is 99.3 Å². The Hall–Kier alpha value is -0.110. The van der Waals surface area contributed by atoms with Crippen LogP contribution in [0, 0.1) is 5.92 Å². The first-order chi connectivity index (χ1) is 6.63. The average molecular weight is 247 g/mol. The standard InChI is InChI=1S/C11H12Cl2S/c1-8(2)11(7-12)14-10-5-3-9(13)4-6-10/h3-8H,1-2H3/b11-7+. The minimum atomic E-state index is 0.452. The maximum atomic E-state index is 5.79. The predicted molar refractivity (Wildman–Crippen MR) is 66.1 cm³/mol. The predicted octanol–water partition coefficient (Wildman–Crippen LogP) is 5.17. The third kappa shape index (κ3) is 3.56. The molecule has 14 heavy (non-hydrogen) atoms. The van der Waals surface area contributed by atoms with Gasteiger partial charge in [0, 0.05) is 20.4 Å². The lowest BCUT2D eigenvalue weighted by Crippen LogP contribution is -1.87. The van der Waals surface area contributed by atoms with E-state index in [0.717, 1.165) is 14.8 Å². The number of benzene rings is 1. The van der Waals surface area contributed by atoms with E-state index in [4.69, 9.17) is 23.2 Å². The summed E-state index contributed by atoms with van der Waals surface area (Å²) in [6.07, 6.45) is 0. The van der Waals surface area contributed by atoms with Gasteiger partial charge in [-0.2, -0.15) is 0 Å². The zero-order chi connectivity index (χ0) is 10.6. The lowest BCUT2D eigenvalue weighted by Gasteiger charge is -2.09. The molecule has 0 amide bonds. The highest BCUT2D eigenvalue weighted by Gasteiger charge is 2.04. The van der Waals surface area contributed by atoms with Crippen LogP contribution in [0.2, 0.25) is 5.02 Å². The molecule has 0 spiro atoms. The highest BCUT2D eigenvalue weighted by Crippen LogP contribution is 2.32. The minimum absolute atomic E-state index is 0.452. The van der Waals surface area contributed by atoms with Gasteiger partial charge in [-0.25, -0.2) is 0 Å². The largest absolute Gasteiger partial charge is 0.0934 e. The molecule has 0 aliphatic carbocycles. The molecule has 0 nitrogen and oxygen atoms in total. The first kappa shape index (κ1) is 12.0. The van der Waals surface area contributed by atoms with Crippen molar-refractivity contribution in [2.75, 3.05) is 0 Å². The summed E-state index contributed by atoms with van der Waals surface area (Å²) in [5.74, 6) is 0.452. The minimum Gasteiger partial charge on any atom is -0.0934 e. The number of hydrogen-bond donors (Lipinski definition) is 0. The van der Waals surface area contributed by atoms with Crippen LogP contribution in [-0.4, -0.2) is 0 Å². The molecule has 0 heterocycles. The maximum absolute atomic E-state index is 5.79. The van der Waals surface area contributed by atoms with Gasteiger partial charge in [0.05, 0.1) is 0 Å². The molecule has 0 unspecified atom stereocenters. The van der Waals surface area contributed by atoms with Gasteiger partial charge in [-0.15, -0.1) is 0 Å².